The molecule has 1 aromatic carbocycles. The summed E-state index contributed by atoms with van der Waals surface area (Å²) in [5.41, 5.74) is 6.15. The van der Waals surface area contributed by atoms with E-state index >= 15 is 0 Å². The smallest absolute Gasteiger partial charge is 0.778 e. The van der Waals surface area contributed by atoms with E-state index in [0.29, 0.717) is 17.2 Å². The Kier molecular flexibility index (Phi) is 5.66. The topological polar surface area (TPSA) is 35.2 Å². The predicted molar refractivity (Wildman–Crippen MR) is 47.7 cm³/mol. The Morgan fingerprint density at radius 2 is 2.17 bits per heavy atom. The molecule has 0 spiro atoms. The van der Waals surface area contributed by atoms with Gasteiger partial charge in [0.25, 0.3) is 0 Å². The molecule has 0 saturated heterocycles. The van der Waals surface area contributed by atoms with Crippen molar-refractivity contribution in [3.8, 4) is 5.75 Å². The molecule has 0 unspecified atom stereocenters. The fourth-order valence-corrected chi connectivity index (χ4v) is 0.955. The molecule has 2 N–H and O–H groups in total. The fourth-order valence-electron chi connectivity index (χ4n) is 0.771. The van der Waals surface area contributed by atoms with E-state index in [1.807, 2.05) is 13.0 Å². The van der Waals surface area contributed by atoms with Gasteiger partial charge in [-0.05, 0) is 25.1 Å². The number of benzene rings is 1. The molecular weight excluding hydrogens is 181 g/mol. The third kappa shape index (κ3) is 3.19. The largest absolute Gasteiger partial charge is 1.00 e. The maximum atomic E-state index is 5.53. The van der Waals surface area contributed by atoms with Crippen molar-refractivity contribution < 1.29 is 34.3 Å². The molecule has 2 nitrogen and oxygen atoms in total. The summed E-state index contributed by atoms with van der Waals surface area (Å²) >= 11 is 4.95. The Bertz CT molecular complexity index is 255. The van der Waals surface area contributed by atoms with Gasteiger partial charge in [0.1, 0.15) is 5.75 Å². The van der Waals surface area contributed by atoms with Crippen LogP contribution in [0, 0.1) is 0 Å². The Morgan fingerprint density at radius 1 is 1.50 bits per heavy atom. The molecule has 0 aromatic heterocycles. The molecule has 0 amide bonds. The summed E-state index contributed by atoms with van der Waals surface area (Å²) in [7, 11) is 0. The zero-order chi connectivity index (χ0) is 8.27. The van der Waals surface area contributed by atoms with Crippen LogP contribution in [0.4, 0.5) is 5.69 Å². The second-order valence-corrected chi connectivity index (χ2v) is 2.57. The summed E-state index contributed by atoms with van der Waals surface area (Å²) in [5, 5.41) is 0. The number of ether oxygens (including phenoxy) is 1. The molecule has 0 aliphatic heterocycles. The van der Waals surface area contributed by atoms with Crippen LogP contribution in [0.1, 0.15) is 6.92 Å². The van der Waals surface area contributed by atoms with Gasteiger partial charge >= 0.3 is 29.6 Å². The van der Waals surface area contributed by atoms with Crippen molar-refractivity contribution >= 4 is 18.3 Å². The number of nitrogen functional groups attached to an aromatic ring is 1. The quantitative estimate of drug-likeness (QED) is 0.354. The van der Waals surface area contributed by atoms with E-state index < -0.39 is 0 Å². The summed E-state index contributed by atoms with van der Waals surface area (Å²) in [6.45, 7) is 2.58. The van der Waals surface area contributed by atoms with Crippen LogP contribution in [0.15, 0.2) is 23.1 Å². The van der Waals surface area contributed by atoms with Gasteiger partial charge < -0.3 is 23.1 Å². The van der Waals surface area contributed by atoms with E-state index in [2.05, 4.69) is 0 Å². The van der Waals surface area contributed by atoms with E-state index in [1.165, 1.54) is 0 Å². The van der Waals surface area contributed by atoms with Gasteiger partial charge in [0, 0.05) is 5.69 Å². The Morgan fingerprint density at radius 3 is 2.67 bits per heavy atom. The normalized spacial score (nSPS) is 8.75. The van der Waals surface area contributed by atoms with Gasteiger partial charge in [0.15, 0.2) is 0 Å². The van der Waals surface area contributed by atoms with Crippen LogP contribution >= 0.6 is 0 Å². The van der Waals surface area contributed by atoms with Gasteiger partial charge in [-0.2, -0.15) is 0 Å². The monoisotopic (exact) mass is 191 g/mol. The maximum absolute atomic E-state index is 5.53. The van der Waals surface area contributed by atoms with E-state index in [9.17, 15) is 0 Å². The fraction of sp³-hybridized carbons (Fsp3) is 0.250. The van der Waals surface area contributed by atoms with E-state index in [1.54, 1.807) is 12.1 Å². The molecule has 4 heteroatoms. The first kappa shape index (κ1) is 12.0. The minimum Gasteiger partial charge on any atom is -0.778 e. The van der Waals surface area contributed by atoms with Crippen LogP contribution in [0.25, 0.3) is 0 Å². The molecule has 0 atom stereocenters. The molecule has 0 saturated carbocycles. The van der Waals surface area contributed by atoms with Crippen molar-refractivity contribution in [3.63, 3.8) is 0 Å². The summed E-state index contributed by atoms with van der Waals surface area (Å²) < 4.78 is 5.22. The zero-order valence-electron chi connectivity index (χ0n) is 7.33. The van der Waals surface area contributed by atoms with Crippen molar-refractivity contribution in [3.05, 3.63) is 18.2 Å². The van der Waals surface area contributed by atoms with Gasteiger partial charge in [0.05, 0.1) is 6.61 Å². The Balaban J connectivity index is 0.00000121. The zero-order valence-corrected chi connectivity index (χ0v) is 10.1. The SMILES string of the molecule is CCOc1ccc(N)c([S-])c1.[Na+]. The molecule has 0 aliphatic rings. The van der Waals surface area contributed by atoms with Crippen molar-refractivity contribution in [2.45, 2.75) is 11.8 Å². The van der Waals surface area contributed by atoms with Crippen LogP contribution in [-0.4, -0.2) is 6.61 Å². The third-order valence-electron chi connectivity index (χ3n) is 1.30. The Hall–Kier alpha value is 0.0400. The number of hydrogen-bond acceptors (Lipinski definition) is 3. The molecular formula is C8H10NNaOS. The van der Waals surface area contributed by atoms with Gasteiger partial charge in [0.2, 0.25) is 0 Å². The summed E-state index contributed by atoms with van der Waals surface area (Å²) in [5.74, 6) is 0.784. The maximum Gasteiger partial charge on any atom is 1.00 e. The van der Waals surface area contributed by atoms with Gasteiger partial charge in [-0.15, -0.1) is 4.90 Å². The minimum absolute atomic E-state index is 0. The van der Waals surface area contributed by atoms with Crippen LogP contribution in [0.5, 0.6) is 5.75 Å². The van der Waals surface area contributed by atoms with Crippen LogP contribution in [-0.2, 0) is 12.6 Å². The number of anilines is 1. The van der Waals surface area contributed by atoms with Crippen molar-refractivity contribution in [1.29, 1.82) is 0 Å². The van der Waals surface area contributed by atoms with Crippen LogP contribution in [0.2, 0.25) is 0 Å². The summed E-state index contributed by atoms with van der Waals surface area (Å²) in [6.07, 6.45) is 0. The number of rotatable bonds is 2. The van der Waals surface area contributed by atoms with Crippen molar-refractivity contribution in [2.24, 2.45) is 0 Å². The second-order valence-electron chi connectivity index (χ2n) is 2.13. The molecule has 0 radical (unpaired) electrons. The average Bonchev–Trinajstić information content (AvgIpc) is 1.98. The van der Waals surface area contributed by atoms with Crippen molar-refractivity contribution in [2.75, 3.05) is 12.3 Å². The van der Waals surface area contributed by atoms with Crippen molar-refractivity contribution in [1.82, 2.24) is 0 Å². The first-order valence-electron chi connectivity index (χ1n) is 3.43. The van der Waals surface area contributed by atoms with Crippen LogP contribution in [0.3, 0.4) is 0 Å². The third-order valence-corrected chi connectivity index (χ3v) is 1.65. The molecule has 1 aromatic rings. The first-order valence-corrected chi connectivity index (χ1v) is 3.84. The summed E-state index contributed by atoms with van der Waals surface area (Å²) in [4.78, 5) is 0.649. The molecule has 60 valence electrons. The molecule has 0 aliphatic carbocycles. The Labute approximate surface area is 100 Å². The van der Waals surface area contributed by atoms with E-state index in [4.69, 9.17) is 23.1 Å². The number of nitrogens with two attached hydrogens (primary N) is 1. The standard InChI is InChI=1S/C8H11NOS.Na/c1-2-10-6-3-4-7(9)8(11)5-6;/h3-5,11H,2,9H2,1H3;/q;+1/p-1. The summed E-state index contributed by atoms with van der Waals surface area (Å²) in [6, 6.07) is 5.33. The van der Waals surface area contributed by atoms with E-state index in [0.717, 1.165) is 5.75 Å². The molecule has 0 heterocycles. The average molecular weight is 191 g/mol. The van der Waals surface area contributed by atoms with E-state index in [-0.39, 0.29) is 29.6 Å². The molecule has 0 bridgehead atoms. The predicted octanol–water partition coefficient (Wildman–Crippen LogP) is -1.42. The van der Waals surface area contributed by atoms with Gasteiger partial charge in [-0.1, -0.05) is 0 Å². The second kappa shape index (κ2) is 5.65. The minimum atomic E-state index is 0. The molecule has 1 rings (SSSR count). The number of hydrogen-bond donors (Lipinski definition) is 1. The molecule has 0 fully saturated rings. The molecule has 12 heavy (non-hydrogen) atoms. The van der Waals surface area contributed by atoms with Crippen LogP contribution < -0.4 is 40.0 Å². The van der Waals surface area contributed by atoms with Gasteiger partial charge in [-0.25, -0.2) is 0 Å². The van der Waals surface area contributed by atoms with Gasteiger partial charge in [-0.3, -0.25) is 0 Å². The first-order chi connectivity index (χ1) is 5.24.